The standard InChI is InChI=1S/C13H14N4OS/c18-12(7-15-10-3-4-10)17-13-16-11(8-19-13)9-2-1-5-14-6-9/h1-2,5-6,8,10,15H,3-4,7H2,(H,16,17,18). The van der Waals surface area contributed by atoms with Gasteiger partial charge in [0.1, 0.15) is 0 Å². The van der Waals surface area contributed by atoms with Crippen LogP contribution in [0.3, 0.4) is 0 Å². The van der Waals surface area contributed by atoms with Crippen molar-refractivity contribution in [2.45, 2.75) is 18.9 Å². The third-order valence-corrected chi connectivity index (χ3v) is 3.59. The summed E-state index contributed by atoms with van der Waals surface area (Å²) in [6, 6.07) is 4.35. The van der Waals surface area contributed by atoms with Gasteiger partial charge in [-0.05, 0) is 25.0 Å². The van der Waals surface area contributed by atoms with Gasteiger partial charge in [-0.3, -0.25) is 9.78 Å². The van der Waals surface area contributed by atoms with Gasteiger partial charge in [0.15, 0.2) is 5.13 Å². The Morgan fingerprint density at radius 2 is 2.37 bits per heavy atom. The van der Waals surface area contributed by atoms with Crippen molar-refractivity contribution in [1.82, 2.24) is 15.3 Å². The van der Waals surface area contributed by atoms with Crippen molar-refractivity contribution < 1.29 is 4.79 Å². The lowest BCUT2D eigenvalue weighted by Crippen LogP contribution is -2.29. The summed E-state index contributed by atoms with van der Waals surface area (Å²) in [5.41, 5.74) is 1.79. The first kappa shape index (κ1) is 12.3. The van der Waals surface area contributed by atoms with Crippen LogP contribution >= 0.6 is 11.3 Å². The molecular formula is C13H14N4OS. The normalized spacial score (nSPS) is 14.3. The maximum absolute atomic E-state index is 11.7. The molecule has 0 saturated heterocycles. The van der Waals surface area contributed by atoms with Crippen molar-refractivity contribution in [3.63, 3.8) is 0 Å². The fourth-order valence-corrected chi connectivity index (χ4v) is 2.40. The zero-order chi connectivity index (χ0) is 13.1. The average Bonchev–Trinajstić information content (AvgIpc) is 3.16. The molecule has 98 valence electrons. The highest BCUT2D eigenvalue weighted by atomic mass is 32.1. The van der Waals surface area contributed by atoms with Crippen LogP contribution in [0.1, 0.15) is 12.8 Å². The number of aromatic nitrogens is 2. The summed E-state index contributed by atoms with van der Waals surface area (Å²) in [4.78, 5) is 20.1. The van der Waals surface area contributed by atoms with Crippen molar-refractivity contribution in [3.8, 4) is 11.3 Å². The van der Waals surface area contributed by atoms with Crippen molar-refractivity contribution in [2.75, 3.05) is 11.9 Å². The van der Waals surface area contributed by atoms with E-state index < -0.39 is 0 Å². The fourth-order valence-electron chi connectivity index (χ4n) is 1.67. The van der Waals surface area contributed by atoms with Crippen LogP contribution in [0.25, 0.3) is 11.3 Å². The van der Waals surface area contributed by atoms with E-state index in [0.29, 0.717) is 17.7 Å². The molecule has 0 atom stereocenters. The highest BCUT2D eigenvalue weighted by Gasteiger charge is 2.21. The number of hydrogen-bond donors (Lipinski definition) is 2. The highest BCUT2D eigenvalue weighted by Crippen LogP contribution is 2.24. The lowest BCUT2D eigenvalue weighted by molar-refractivity contribution is -0.115. The largest absolute Gasteiger partial charge is 0.306 e. The van der Waals surface area contributed by atoms with Crippen LogP contribution in [0, 0.1) is 0 Å². The first-order valence-electron chi connectivity index (χ1n) is 6.20. The summed E-state index contributed by atoms with van der Waals surface area (Å²) in [5, 5.41) is 8.51. The first-order chi connectivity index (χ1) is 9.31. The molecule has 1 aliphatic carbocycles. The van der Waals surface area contributed by atoms with Crippen LogP contribution in [0.4, 0.5) is 5.13 Å². The lowest BCUT2D eigenvalue weighted by Gasteiger charge is -2.02. The molecule has 2 aromatic rings. The van der Waals surface area contributed by atoms with Gasteiger partial charge >= 0.3 is 0 Å². The first-order valence-corrected chi connectivity index (χ1v) is 7.08. The van der Waals surface area contributed by atoms with E-state index in [0.717, 1.165) is 11.3 Å². The second-order valence-corrected chi connectivity index (χ2v) is 5.34. The Morgan fingerprint density at radius 1 is 1.47 bits per heavy atom. The number of carbonyl (C=O) groups excluding carboxylic acids is 1. The third kappa shape index (κ3) is 3.36. The van der Waals surface area contributed by atoms with Crippen LogP contribution in [0.2, 0.25) is 0 Å². The van der Waals surface area contributed by atoms with Crippen molar-refractivity contribution >= 4 is 22.4 Å². The molecule has 19 heavy (non-hydrogen) atoms. The van der Waals surface area contributed by atoms with Gasteiger partial charge in [-0.15, -0.1) is 11.3 Å². The van der Waals surface area contributed by atoms with E-state index in [2.05, 4.69) is 20.6 Å². The number of pyridine rings is 1. The van der Waals surface area contributed by atoms with Crippen LogP contribution in [-0.4, -0.2) is 28.5 Å². The maximum atomic E-state index is 11.7. The maximum Gasteiger partial charge on any atom is 0.240 e. The van der Waals surface area contributed by atoms with E-state index >= 15 is 0 Å². The minimum atomic E-state index is -0.0426. The molecule has 0 aromatic carbocycles. The fraction of sp³-hybridized carbons (Fsp3) is 0.308. The molecular weight excluding hydrogens is 260 g/mol. The zero-order valence-corrected chi connectivity index (χ0v) is 11.1. The molecule has 6 heteroatoms. The predicted octanol–water partition coefficient (Wildman–Crippen LogP) is 1.90. The van der Waals surface area contributed by atoms with Crippen molar-refractivity contribution in [1.29, 1.82) is 0 Å². The van der Waals surface area contributed by atoms with Crippen LogP contribution in [-0.2, 0) is 4.79 Å². The number of nitrogens with zero attached hydrogens (tertiary/aromatic N) is 2. The van der Waals surface area contributed by atoms with Gasteiger partial charge in [0.05, 0.1) is 12.2 Å². The quantitative estimate of drug-likeness (QED) is 0.874. The molecule has 1 fully saturated rings. The molecule has 5 nitrogen and oxygen atoms in total. The van der Waals surface area contributed by atoms with E-state index in [1.165, 1.54) is 24.2 Å². The molecule has 2 N–H and O–H groups in total. The van der Waals surface area contributed by atoms with E-state index in [-0.39, 0.29) is 5.91 Å². The van der Waals surface area contributed by atoms with Crippen molar-refractivity contribution in [3.05, 3.63) is 29.9 Å². The SMILES string of the molecule is O=C(CNC1CC1)Nc1nc(-c2cccnc2)cs1. The number of nitrogens with one attached hydrogen (secondary N) is 2. The van der Waals surface area contributed by atoms with E-state index in [1.54, 1.807) is 12.4 Å². The van der Waals surface area contributed by atoms with Crippen LogP contribution in [0.15, 0.2) is 29.9 Å². The van der Waals surface area contributed by atoms with E-state index in [4.69, 9.17) is 0 Å². The van der Waals surface area contributed by atoms with Gasteiger partial charge in [0.25, 0.3) is 0 Å². The molecule has 0 bridgehead atoms. The second-order valence-electron chi connectivity index (χ2n) is 4.48. The number of amides is 1. The molecule has 0 radical (unpaired) electrons. The molecule has 0 unspecified atom stereocenters. The molecule has 1 saturated carbocycles. The minimum Gasteiger partial charge on any atom is -0.306 e. The highest BCUT2D eigenvalue weighted by molar-refractivity contribution is 7.14. The Morgan fingerprint density at radius 3 is 3.11 bits per heavy atom. The second kappa shape index (κ2) is 5.46. The smallest absolute Gasteiger partial charge is 0.240 e. The van der Waals surface area contributed by atoms with Crippen LogP contribution in [0.5, 0.6) is 0 Å². The van der Waals surface area contributed by atoms with E-state index in [1.807, 2.05) is 17.5 Å². The minimum absolute atomic E-state index is 0.0426. The number of hydrogen-bond acceptors (Lipinski definition) is 5. The third-order valence-electron chi connectivity index (χ3n) is 2.84. The van der Waals surface area contributed by atoms with Gasteiger partial charge in [-0.1, -0.05) is 0 Å². The van der Waals surface area contributed by atoms with Gasteiger partial charge in [-0.2, -0.15) is 0 Å². The number of anilines is 1. The molecule has 0 spiro atoms. The summed E-state index contributed by atoms with van der Waals surface area (Å²) in [6.07, 6.45) is 5.84. The number of rotatable bonds is 5. The Bertz CT molecular complexity index is 565. The molecule has 3 rings (SSSR count). The van der Waals surface area contributed by atoms with Gasteiger partial charge in [0.2, 0.25) is 5.91 Å². The molecule has 1 amide bonds. The Balaban J connectivity index is 1.59. The summed E-state index contributed by atoms with van der Waals surface area (Å²) in [6.45, 7) is 0.354. The topological polar surface area (TPSA) is 66.9 Å². The Kier molecular flexibility index (Phi) is 3.52. The number of thiazole rings is 1. The zero-order valence-electron chi connectivity index (χ0n) is 10.3. The van der Waals surface area contributed by atoms with Crippen molar-refractivity contribution in [2.24, 2.45) is 0 Å². The summed E-state index contributed by atoms with van der Waals surface area (Å²) in [5.74, 6) is -0.0426. The van der Waals surface area contributed by atoms with Gasteiger partial charge < -0.3 is 10.6 Å². The summed E-state index contributed by atoms with van der Waals surface area (Å²) < 4.78 is 0. The van der Waals surface area contributed by atoms with Gasteiger partial charge in [0, 0.05) is 29.4 Å². The molecule has 0 aliphatic heterocycles. The van der Waals surface area contributed by atoms with Crippen LogP contribution < -0.4 is 10.6 Å². The monoisotopic (exact) mass is 274 g/mol. The Labute approximate surface area is 115 Å². The number of carbonyl (C=O) groups is 1. The Hall–Kier alpha value is -1.79. The van der Waals surface area contributed by atoms with Gasteiger partial charge in [-0.25, -0.2) is 4.98 Å². The summed E-state index contributed by atoms with van der Waals surface area (Å²) >= 11 is 1.42. The van der Waals surface area contributed by atoms with E-state index in [9.17, 15) is 4.79 Å². The molecule has 2 heterocycles. The average molecular weight is 274 g/mol. The lowest BCUT2D eigenvalue weighted by atomic mass is 10.2. The predicted molar refractivity (Wildman–Crippen MR) is 75.0 cm³/mol. The molecule has 2 aromatic heterocycles. The summed E-state index contributed by atoms with van der Waals surface area (Å²) in [7, 11) is 0. The molecule has 1 aliphatic rings.